The molecule has 0 radical (unpaired) electrons. The van der Waals surface area contributed by atoms with Crippen LogP contribution in [0, 0.1) is 11.3 Å². The molecule has 3 aromatic heterocycles. The van der Waals surface area contributed by atoms with E-state index in [-0.39, 0.29) is 24.0 Å². The smallest absolute Gasteiger partial charge is 0.225 e. The number of anilines is 1. The van der Waals surface area contributed by atoms with Crippen LogP contribution in [0.15, 0.2) is 67.1 Å². The number of nitriles is 1. The molecule has 46 heavy (non-hydrogen) atoms. The number of amides is 1. The van der Waals surface area contributed by atoms with E-state index in [1.165, 1.54) is 0 Å². The first-order chi connectivity index (χ1) is 22.5. The van der Waals surface area contributed by atoms with Crippen LogP contribution in [0.3, 0.4) is 0 Å². The SMILES string of the molecule is CN(C)C(CC(=O)N1C2CC1CN(c1ccc(-c3cc(OCCN4CCOCC4)cn4ncc(C#N)c34)cn1)C2)c1ccccc1. The number of nitrogens with zero attached hydrogens (tertiary/aromatic N) is 8. The molecular weight excluding hydrogens is 580 g/mol. The molecule has 0 N–H and O–H groups in total. The molecule has 238 valence electrons. The van der Waals surface area contributed by atoms with Crippen molar-refractivity contribution in [1.82, 2.24) is 29.3 Å². The summed E-state index contributed by atoms with van der Waals surface area (Å²) in [6, 6.07) is 19.0. The molecular formula is C35H40N8O3. The first-order valence-corrected chi connectivity index (χ1v) is 16.1. The fourth-order valence-electron chi connectivity index (χ4n) is 7.08. The van der Waals surface area contributed by atoms with Gasteiger partial charge in [-0.3, -0.25) is 9.69 Å². The number of rotatable bonds is 10. The van der Waals surface area contributed by atoms with Crippen molar-refractivity contribution in [2.45, 2.75) is 31.0 Å². The predicted octanol–water partition coefficient (Wildman–Crippen LogP) is 3.46. The number of ether oxygens (including phenoxy) is 2. The summed E-state index contributed by atoms with van der Waals surface area (Å²) in [6.07, 6.45) is 6.79. The van der Waals surface area contributed by atoms with E-state index in [2.05, 4.69) is 42.9 Å². The minimum atomic E-state index is 0.0535. The van der Waals surface area contributed by atoms with Gasteiger partial charge in [0.05, 0.1) is 48.8 Å². The van der Waals surface area contributed by atoms with Crippen molar-refractivity contribution in [3.05, 3.63) is 78.2 Å². The normalized spacial score (nSPS) is 20.4. The topological polar surface area (TPSA) is 102 Å². The number of carbonyl (C=O) groups is 1. The standard InChI is InChI=1S/C35H40N8O3/c1-39(2)32(25-6-4-3-5-7-25)18-34(44)43-28-16-29(43)23-41(22-28)33-9-8-26(20-37-33)31-17-30(24-42-35(31)27(19-36)21-38-42)46-15-12-40-10-13-45-14-11-40/h3-9,17,20-21,24,28-29,32H,10-16,18,22-23H2,1-2H3. The lowest BCUT2D eigenvalue weighted by atomic mass is 9.86. The fraction of sp³-hybridized carbons (Fsp3) is 0.429. The Labute approximate surface area is 269 Å². The van der Waals surface area contributed by atoms with Gasteiger partial charge in [-0.15, -0.1) is 0 Å². The molecule has 4 saturated heterocycles. The van der Waals surface area contributed by atoms with Crippen LogP contribution < -0.4 is 9.64 Å². The lowest BCUT2D eigenvalue weighted by molar-refractivity contribution is -0.147. The molecule has 7 heterocycles. The number of benzene rings is 1. The minimum Gasteiger partial charge on any atom is -0.491 e. The molecule has 8 rings (SSSR count). The molecule has 3 atom stereocenters. The van der Waals surface area contributed by atoms with E-state index in [0.29, 0.717) is 24.3 Å². The summed E-state index contributed by atoms with van der Waals surface area (Å²) < 4.78 is 13.3. The predicted molar refractivity (Wildman–Crippen MR) is 175 cm³/mol. The number of piperidine rings is 1. The van der Waals surface area contributed by atoms with Crippen LogP contribution in [0.2, 0.25) is 0 Å². The van der Waals surface area contributed by atoms with Crippen LogP contribution in [0.4, 0.5) is 5.82 Å². The van der Waals surface area contributed by atoms with Crippen molar-refractivity contribution >= 4 is 17.2 Å². The van der Waals surface area contributed by atoms with E-state index in [9.17, 15) is 10.1 Å². The van der Waals surface area contributed by atoms with Crippen LogP contribution in [0.1, 0.15) is 30.0 Å². The molecule has 1 amide bonds. The molecule has 4 aliphatic heterocycles. The molecule has 4 aromatic rings. The van der Waals surface area contributed by atoms with Crippen molar-refractivity contribution in [2.75, 3.05) is 71.5 Å². The molecule has 4 fully saturated rings. The highest BCUT2D eigenvalue weighted by Crippen LogP contribution is 2.37. The van der Waals surface area contributed by atoms with E-state index in [1.807, 2.05) is 62.9 Å². The van der Waals surface area contributed by atoms with Crippen LogP contribution in [-0.4, -0.2) is 114 Å². The maximum atomic E-state index is 13.5. The Bertz CT molecular complexity index is 1700. The number of fused-ring (bicyclic) bond motifs is 3. The second kappa shape index (κ2) is 13.1. The lowest BCUT2D eigenvalue weighted by Gasteiger charge is -2.56. The Balaban J connectivity index is 1.03. The summed E-state index contributed by atoms with van der Waals surface area (Å²) in [6.45, 7) is 6.24. The molecule has 0 spiro atoms. The lowest BCUT2D eigenvalue weighted by Crippen LogP contribution is -2.70. The zero-order chi connectivity index (χ0) is 31.6. The molecule has 2 bridgehead atoms. The minimum absolute atomic E-state index is 0.0535. The van der Waals surface area contributed by atoms with E-state index in [1.54, 1.807) is 10.7 Å². The van der Waals surface area contributed by atoms with Gasteiger partial charge in [0.15, 0.2) is 0 Å². The molecule has 1 aromatic carbocycles. The van der Waals surface area contributed by atoms with Gasteiger partial charge in [-0.2, -0.15) is 10.4 Å². The summed E-state index contributed by atoms with van der Waals surface area (Å²) in [5, 5.41) is 14.2. The first kappa shape index (κ1) is 30.2. The molecule has 0 aliphatic carbocycles. The number of carbonyl (C=O) groups excluding carboxylic acids is 1. The fourth-order valence-corrected chi connectivity index (χ4v) is 7.08. The van der Waals surface area contributed by atoms with Gasteiger partial charge in [0, 0.05) is 62.5 Å². The Morgan fingerprint density at radius 2 is 1.89 bits per heavy atom. The number of piperazine rings is 1. The zero-order valence-corrected chi connectivity index (χ0v) is 26.5. The van der Waals surface area contributed by atoms with Gasteiger partial charge >= 0.3 is 0 Å². The summed E-state index contributed by atoms with van der Waals surface area (Å²) >= 11 is 0. The van der Waals surface area contributed by atoms with E-state index in [0.717, 1.165) is 80.4 Å². The van der Waals surface area contributed by atoms with E-state index < -0.39 is 0 Å². The Morgan fingerprint density at radius 3 is 2.59 bits per heavy atom. The average Bonchev–Trinajstić information content (AvgIpc) is 3.51. The highest BCUT2D eigenvalue weighted by Gasteiger charge is 2.47. The number of hydrogen-bond donors (Lipinski definition) is 0. The highest BCUT2D eigenvalue weighted by molar-refractivity contribution is 5.85. The first-order valence-electron chi connectivity index (χ1n) is 16.1. The average molecular weight is 621 g/mol. The number of morpholine rings is 1. The van der Waals surface area contributed by atoms with E-state index in [4.69, 9.17) is 14.5 Å². The Hall–Kier alpha value is -4.50. The van der Waals surface area contributed by atoms with Crippen LogP contribution >= 0.6 is 0 Å². The van der Waals surface area contributed by atoms with Crippen molar-refractivity contribution in [3.63, 3.8) is 0 Å². The number of pyridine rings is 2. The van der Waals surface area contributed by atoms with Gasteiger partial charge in [-0.25, -0.2) is 9.50 Å². The molecule has 0 saturated carbocycles. The van der Waals surface area contributed by atoms with Crippen LogP contribution in [-0.2, 0) is 9.53 Å². The third-order valence-corrected chi connectivity index (χ3v) is 9.53. The van der Waals surface area contributed by atoms with Crippen molar-refractivity contribution in [2.24, 2.45) is 0 Å². The summed E-state index contributed by atoms with van der Waals surface area (Å²) in [5.74, 6) is 1.80. The van der Waals surface area contributed by atoms with Crippen molar-refractivity contribution in [1.29, 1.82) is 5.26 Å². The molecule has 4 aliphatic rings. The van der Waals surface area contributed by atoms with Gasteiger partial charge in [-0.1, -0.05) is 30.3 Å². The summed E-state index contributed by atoms with van der Waals surface area (Å²) in [5.41, 5.74) is 4.14. The number of aromatic nitrogens is 3. The van der Waals surface area contributed by atoms with Crippen molar-refractivity contribution < 1.29 is 14.3 Å². The van der Waals surface area contributed by atoms with Gasteiger partial charge in [-0.05, 0) is 44.3 Å². The van der Waals surface area contributed by atoms with Crippen LogP contribution in [0.25, 0.3) is 16.6 Å². The van der Waals surface area contributed by atoms with Crippen LogP contribution in [0.5, 0.6) is 5.75 Å². The van der Waals surface area contributed by atoms with Gasteiger partial charge < -0.3 is 24.2 Å². The third kappa shape index (κ3) is 6.03. The highest BCUT2D eigenvalue weighted by atomic mass is 16.5. The monoisotopic (exact) mass is 620 g/mol. The molecule has 11 nitrogen and oxygen atoms in total. The van der Waals surface area contributed by atoms with Gasteiger partial charge in [0.2, 0.25) is 5.91 Å². The Kier molecular flexibility index (Phi) is 8.58. The zero-order valence-electron chi connectivity index (χ0n) is 26.5. The summed E-state index contributed by atoms with van der Waals surface area (Å²) in [7, 11) is 4.07. The largest absolute Gasteiger partial charge is 0.491 e. The summed E-state index contributed by atoms with van der Waals surface area (Å²) in [4.78, 5) is 27.2. The quantitative estimate of drug-likeness (QED) is 0.264. The second-order valence-electron chi connectivity index (χ2n) is 12.6. The molecule has 11 heteroatoms. The Morgan fingerprint density at radius 1 is 1.11 bits per heavy atom. The maximum Gasteiger partial charge on any atom is 0.225 e. The van der Waals surface area contributed by atoms with Crippen molar-refractivity contribution in [3.8, 4) is 22.9 Å². The third-order valence-electron chi connectivity index (χ3n) is 9.53. The number of hydrogen-bond acceptors (Lipinski definition) is 9. The second-order valence-corrected chi connectivity index (χ2v) is 12.6. The van der Waals surface area contributed by atoms with Gasteiger partial charge in [0.25, 0.3) is 0 Å². The maximum absolute atomic E-state index is 13.5. The molecule has 3 unspecified atom stereocenters. The van der Waals surface area contributed by atoms with Gasteiger partial charge in [0.1, 0.15) is 24.2 Å². The van der Waals surface area contributed by atoms with E-state index >= 15 is 0 Å².